The number of halogens is 1. The Morgan fingerprint density at radius 1 is 1.44 bits per heavy atom. The molecule has 1 amide bonds. The number of carbonyl (C=O) groups excluding carboxylic acids is 1. The molecule has 0 bridgehead atoms. The van der Waals surface area contributed by atoms with Gasteiger partial charge in [-0.25, -0.2) is 10.2 Å². The van der Waals surface area contributed by atoms with Crippen LogP contribution in [0.15, 0.2) is 28.1 Å². The van der Waals surface area contributed by atoms with Gasteiger partial charge in [-0.05, 0) is 37.6 Å². The van der Waals surface area contributed by atoms with E-state index in [2.05, 4.69) is 20.5 Å². The Morgan fingerprint density at radius 3 is 2.84 bits per heavy atom. The van der Waals surface area contributed by atoms with Crippen LogP contribution < -0.4 is 20.6 Å². The molecule has 9 heteroatoms. The minimum Gasteiger partial charge on any atom is -0.491 e. The summed E-state index contributed by atoms with van der Waals surface area (Å²) in [5.74, 6) is 0.292. The van der Waals surface area contributed by atoms with E-state index in [1.807, 2.05) is 6.92 Å². The van der Waals surface area contributed by atoms with Crippen LogP contribution >= 0.6 is 11.6 Å². The van der Waals surface area contributed by atoms with Crippen LogP contribution in [0.4, 0.5) is 0 Å². The number of carbonyl (C=O) groups is 1. The van der Waals surface area contributed by atoms with Crippen LogP contribution in [0.1, 0.15) is 28.7 Å². The average molecular weight is 365 g/mol. The Bertz CT molecular complexity index is 864. The number of aromatic amines is 1. The molecule has 0 aliphatic rings. The summed E-state index contributed by atoms with van der Waals surface area (Å²) in [6, 6.07) is 4.75. The van der Waals surface area contributed by atoms with Crippen LogP contribution in [0, 0.1) is 6.92 Å². The molecule has 1 aromatic carbocycles. The molecule has 1 heterocycles. The van der Waals surface area contributed by atoms with Gasteiger partial charge in [-0.15, -0.1) is 0 Å². The number of nitrogens with one attached hydrogen (secondary N) is 2. The number of benzene rings is 1. The first-order valence-electron chi connectivity index (χ1n) is 7.36. The molecule has 0 fully saturated rings. The summed E-state index contributed by atoms with van der Waals surface area (Å²) in [4.78, 5) is 29.3. The highest BCUT2D eigenvalue weighted by Gasteiger charge is 2.11. The molecular weight excluding hydrogens is 348 g/mol. The molecule has 0 saturated carbocycles. The van der Waals surface area contributed by atoms with E-state index in [1.165, 1.54) is 19.4 Å². The third-order valence-corrected chi connectivity index (χ3v) is 3.31. The van der Waals surface area contributed by atoms with Gasteiger partial charge in [0.1, 0.15) is 5.69 Å². The lowest BCUT2D eigenvalue weighted by Gasteiger charge is -2.11. The van der Waals surface area contributed by atoms with Crippen LogP contribution in [0.3, 0.4) is 0 Å². The summed E-state index contributed by atoms with van der Waals surface area (Å²) < 4.78 is 10.7. The number of ether oxygens (including phenoxy) is 2. The number of H-pyrrole nitrogens is 1. The number of hydrogen-bond acceptors (Lipinski definition) is 6. The highest BCUT2D eigenvalue weighted by atomic mass is 35.5. The molecule has 2 N–H and O–H groups in total. The first-order valence-corrected chi connectivity index (χ1v) is 7.74. The van der Waals surface area contributed by atoms with Crippen LogP contribution in [0.2, 0.25) is 5.02 Å². The first-order chi connectivity index (χ1) is 11.9. The maximum Gasteiger partial charge on any atom is 0.345 e. The summed E-state index contributed by atoms with van der Waals surface area (Å²) in [6.45, 7) is 3.93. The van der Waals surface area contributed by atoms with Crippen molar-refractivity contribution < 1.29 is 14.3 Å². The minimum absolute atomic E-state index is 0.0267. The predicted octanol–water partition coefficient (Wildman–Crippen LogP) is 1.90. The van der Waals surface area contributed by atoms with Crippen molar-refractivity contribution in [1.29, 1.82) is 0 Å². The number of hydrogen-bond donors (Lipinski definition) is 2. The van der Waals surface area contributed by atoms with Crippen LogP contribution in [0.25, 0.3) is 0 Å². The molecule has 0 aliphatic carbocycles. The topological polar surface area (TPSA) is 106 Å². The summed E-state index contributed by atoms with van der Waals surface area (Å²) in [5, 5.41) is 4.20. The van der Waals surface area contributed by atoms with E-state index in [0.29, 0.717) is 34.4 Å². The number of methoxy groups -OCH3 is 1. The summed E-state index contributed by atoms with van der Waals surface area (Å²) >= 11 is 6.14. The van der Waals surface area contributed by atoms with Gasteiger partial charge in [-0.2, -0.15) is 10.1 Å². The van der Waals surface area contributed by atoms with Gasteiger partial charge in [0.25, 0.3) is 5.91 Å². The second kappa shape index (κ2) is 8.29. The molecule has 132 valence electrons. The van der Waals surface area contributed by atoms with E-state index in [9.17, 15) is 9.59 Å². The molecule has 2 rings (SSSR count). The van der Waals surface area contributed by atoms with Crippen molar-refractivity contribution in [2.24, 2.45) is 5.10 Å². The second-order valence-corrected chi connectivity index (χ2v) is 5.33. The highest BCUT2D eigenvalue weighted by Crippen LogP contribution is 2.35. The third-order valence-electron chi connectivity index (χ3n) is 3.03. The van der Waals surface area contributed by atoms with Crippen molar-refractivity contribution in [1.82, 2.24) is 15.4 Å². The SMILES string of the molecule is CCOc1cc(/C=N/NC(=O)c2cc(C)[nH]c(=O)n2)cc(Cl)c1OC. The first kappa shape index (κ1) is 18.5. The zero-order valence-corrected chi connectivity index (χ0v) is 14.7. The lowest BCUT2D eigenvalue weighted by Crippen LogP contribution is -2.24. The van der Waals surface area contributed by atoms with Crippen LogP contribution in [0.5, 0.6) is 11.5 Å². The average Bonchev–Trinajstić information content (AvgIpc) is 2.54. The molecule has 0 unspecified atom stereocenters. The second-order valence-electron chi connectivity index (χ2n) is 4.92. The van der Waals surface area contributed by atoms with Gasteiger partial charge in [0, 0.05) is 5.69 Å². The Labute approximate surface area is 148 Å². The highest BCUT2D eigenvalue weighted by molar-refractivity contribution is 6.32. The Hall–Kier alpha value is -2.87. The third kappa shape index (κ3) is 4.80. The van der Waals surface area contributed by atoms with Crippen molar-refractivity contribution in [3.8, 4) is 11.5 Å². The largest absolute Gasteiger partial charge is 0.491 e. The van der Waals surface area contributed by atoms with Gasteiger partial charge in [0.05, 0.1) is 25.0 Å². The van der Waals surface area contributed by atoms with Gasteiger partial charge in [-0.1, -0.05) is 11.6 Å². The van der Waals surface area contributed by atoms with Crippen molar-refractivity contribution in [2.75, 3.05) is 13.7 Å². The fraction of sp³-hybridized carbons (Fsp3) is 0.250. The van der Waals surface area contributed by atoms with Crippen molar-refractivity contribution in [3.63, 3.8) is 0 Å². The lowest BCUT2D eigenvalue weighted by molar-refractivity contribution is 0.0949. The molecule has 0 spiro atoms. The molecular formula is C16H17ClN4O4. The fourth-order valence-electron chi connectivity index (χ4n) is 2.04. The standard InChI is InChI=1S/C16H17ClN4O4/c1-4-25-13-7-10(6-11(17)14(13)24-3)8-18-21-15(22)12-5-9(2)19-16(23)20-12/h5-8H,4H2,1-3H3,(H,21,22)(H,19,20,23)/b18-8+. The monoisotopic (exact) mass is 364 g/mol. The maximum atomic E-state index is 12.0. The van der Waals surface area contributed by atoms with E-state index in [4.69, 9.17) is 21.1 Å². The van der Waals surface area contributed by atoms with Crippen molar-refractivity contribution >= 4 is 23.7 Å². The van der Waals surface area contributed by atoms with Crippen molar-refractivity contribution in [2.45, 2.75) is 13.8 Å². The quantitative estimate of drug-likeness (QED) is 0.601. The molecule has 0 radical (unpaired) electrons. The summed E-state index contributed by atoms with van der Waals surface area (Å²) in [6.07, 6.45) is 1.39. The number of nitrogens with zero attached hydrogens (tertiary/aromatic N) is 2. The number of rotatable bonds is 6. The Balaban J connectivity index is 2.16. The van der Waals surface area contributed by atoms with Gasteiger partial charge < -0.3 is 14.5 Å². The zero-order chi connectivity index (χ0) is 18.4. The number of aromatic nitrogens is 2. The number of hydrazone groups is 1. The van der Waals surface area contributed by atoms with Gasteiger partial charge in [-0.3, -0.25) is 4.79 Å². The predicted molar refractivity (Wildman–Crippen MR) is 93.8 cm³/mol. The smallest absolute Gasteiger partial charge is 0.345 e. The molecule has 8 nitrogen and oxygen atoms in total. The van der Waals surface area contributed by atoms with Crippen LogP contribution in [-0.2, 0) is 0 Å². The molecule has 2 aromatic rings. The van der Waals surface area contributed by atoms with Gasteiger partial charge in [0.2, 0.25) is 0 Å². The fourth-order valence-corrected chi connectivity index (χ4v) is 2.34. The summed E-state index contributed by atoms with van der Waals surface area (Å²) in [7, 11) is 1.49. The minimum atomic E-state index is -0.602. The molecule has 0 saturated heterocycles. The van der Waals surface area contributed by atoms with E-state index < -0.39 is 11.6 Å². The summed E-state index contributed by atoms with van der Waals surface area (Å²) in [5.41, 5.74) is 2.80. The molecule has 1 aromatic heterocycles. The van der Waals surface area contributed by atoms with Crippen LogP contribution in [-0.4, -0.2) is 35.8 Å². The van der Waals surface area contributed by atoms with E-state index in [0.717, 1.165) is 0 Å². The van der Waals surface area contributed by atoms with E-state index in [1.54, 1.807) is 19.1 Å². The number of amides is 1. The molecule has 0 aliphatic heterocycles. The van der Waals surface area contributed by atoms with Gasteiger partial charge in [0.15, 0.2) is 11.5 Å². The zero-order valence-electron chi connectivity index (χ0n) is 13.9. The Morgan fingerprint density at radius 2 is 2.20 bits per heavy atom. The molecule has 25 heavy (non-hydrogen) atoms. The molecule has 0 atom stereocenters. The van der Waals surface area contributed by atoms with Gasteiger partial charge >= 0.3 is 5.69 Å². The lowest BCUT2D eigenvalue weighted by atomic mass is 10.2. The normalized spacial score (nSPS) is 10.7. The van der Waals surface area contributed by atoms with Crippen molar-refractivity contribution in [3.05, 3.63) is 50.7 Å². The van der Waals surface area contributed by atoms with E-state index >= 15 is 0 Å². The maximum absolute atomic E-state index is 12.0. The Kier molecular flexibility index (Phi) is 6.13. The van der Waals surface area contributed by atoms with E-state index in [-0.39, 0.29) is 5.69 Å². The number of aryl methyl sites for hydroxylation is 1.